The maximum atomic E-state index is 13.7. The molecule has 0 spiro atoms. The lowest BCUT2D eigenvalue weighted by molar-refractivity contribution is -0.123. The molecule has 1 aromatic carbocycles. The molecule has 1 saturated heterocycles. The van der Waals surface area contributed by atoms with E-state index in [1.165, 1.54) is 19.2 Å². The van der Waals surface area contributed by atoms with Gasteiger partial charge >= 0.3 is 0 Å². The summed E-state index contributed by atoms with van der Waals surface area (Å²) in [7, 11) is 1.42. The van der Waals surface area contributed by atoms with Crippen molar-refractivity contribution in [2.45, 2.75) is 37.8 Å². The number of halogens is 1. The molecule has 1 atom stereocenters. The van der Waals surface area contributed by atoms with Crippen LogP contribution in [0.15, 0.2) is 18.2 Å². The number of piperidine rings is 1. The van der Waals surface area contributed by atoms with E-state index in [1.807, 2.05) is 0 Å². The number of benzene rings is 1. The van der Waals surface area contributed by atoms with Crippen molar-refractivity contribution < 1.29 is 19.0 Å². The van der Waals surface area contributed by atoms with Gasteiger partial charge in [0.2, 0.25) is 5.91 Å². The number of nitrogens with zero attached hydrogens (tertiary/aromatic N) is 1. The lowest BCUT2D eigenvalue weighted by Crippen LogP contribution is -2.46. The van der Waals surface area contributed by atoms with E-state index in [0.717, 1.165) is 38.8 Å². The van der Waals surface area contributed by atoms with Crippen molar-refractivity contribution in [2.24, 2.45) is 5.92 Å². The summed E-state index contributed by atoms with van der Waals surface area (Å²) >= 11 is 0. The average Bonchev–Trinajstić information content (AvgIpc) is 3.41. The first-order valence-corrected chi connectivity index (χ1v) is 8.61. The van der Waals surface area contributed by atoms with Crippen LogP contribution in [0.5, 0.6) is 5.75 Å². The summed E-state index contributed by atoms with van der Waals surface area (Å²) < 4.78 is 18.6. The molecule has 3 rings (SSSR count). The zero-order chi connectivity index (χ0) is 17.1. The molecule has 0 bridgehead atoms. The van der Waals surface area contributed by atoms with E-state index in [2.05, 4.69) is 10.2 Å². The molecule has 0 radical (unpaired) electrons. The molecule has 1 aliphatic heterocycles. The SMILES string of the molecule is COc1ccc(C(O)CN2CCC(NC(=O)C3CC3)CC2)cc1F. The maximum absolute atomic E-state index is 13.7. The third-order valence-corrected chi connectivity index (χ3v) is 4.87. The molecule has 132 valence electrons. The Bertz CT molecular complexity index is 584. The van der Waals surface area contributed by atoms with Crippen LogP contribution in [0.3, 0.4) is 0 Å². The van der Waals surface area contributed by atoms with Crippen molar-refractivity contribution in [3.8, 4) is 5.75 Å². The summed E-state index contributed by atoms with van der Waals surface area (Å²) in [6.45, 7) is 2.12. The maximum Gasteiger partial charge on any atom is 0.223 e. The number of likely N-dealkylation sites (tertiary alicyclic amines) is 1. The molecular weight excluding hydrogens is 311 g/mol. The smallest absolute Gasteiger partial charge is 0.223 e. The van der Waals surface area contributed by atoms with Crippen LogP contribution < -0.4 is 10.1 Å². The molecule has 1 aliphatic carbocycles. The number of hydrogen-bond donors (Lipinski definition) is 2. The molecule has 1 saturated carbocycles. The van der Waals surface area contributed by atoms with Crippen molar-refractivity contribution in [3.63, 3.8) is 0 Å². The van der Waals surface area contributed by atoms with Crippen molar-refractivity contribution in [1.82, 2.24) is 10.2 Å². The van der Waals surface area contributed by atoms with E-state index in [0.29, 0.717) is 12.1 Å². The van der Waals surface area contributed by atoms with Crippen LogP contribution in [0.1, 0.15) is 37.4 Å². The van der Waals surface area contributed by atoms with Crippen LogP contribution in [0, 0.1) is 11.7 Å². The van der Waals surface area contributed by atoms with Gasteiger partial charge in [0.15, 0.2) is 11.6 Å². The highest BCUT2D eigenvalue weighted by Gasteiger charge is 2.32. The number of β-amino-alcohol motifs (C(OH)–C–C–N with tert-alkyl or cyclic N) is 1. The number of nitrogens with one attached hydrogen (secondary N) is 1. The number of hydrogen-bond acceptors (Lipinski definition) is 4. The van der Waals surface area contributed by atoms with Crippen LogP contribution in [0.25, 0.3) is 0 Å². The number of amides is 1. The van der Waals surface area contributed by atoms with Crippen LogP contribution in [-0.2, 0) is 4.79 Å². The highest BCUT2D eigenvalue weighted by molar-refractivity contribution is 5.81. The molecule has 1 heterocycles. The number of ether oxygens (including phenoxy) is 1. The van der Waals surface area contributed by atoms with E-state index >= 15 is 0 Å². The lowest BCUT2D eigenvalue weighted by Gasteiger charge is -2.33. The van der Waals surface area contributed by atoms with E-state index in [4.69, 9.17) is 4.74 Å². The molecule has 1 aromatic rings. The van der Waals surface area contributed by atoms with E-state index in [-0.39, 0.29) is 23.6 Å². The summed E-state index contributed by atoms with van der Waals surface area (Å²) in [5, 5.41) is 13.4. The summed E-state index contributed by atoms with van der Waals surface area (Å²) in [5.41, 5.74) is 0.553. The van der Waals surface area contributed by atoms with Crippen LogP contribution >= 0.6 is 0 Å². The van der Waals surface area contributed by atoms with Gasteiger partial charge in [-0.2, -0.15) is 0 Å². The van der Waals surface area contributed by atoms with Gasteiger partial charge in [-0.1, -0.05) is 6.07 Å². The van der Waals surface area contributed by atoms with E-state index in [9.17, 15) is 14.3 Å². The minimum atomic E-state index is -0.733. The molecule has 2 fully saturated rings. The fourth-order valence-electron chi connectivity index (χ4n) is 3.16. The zero-order valence-electron chi connectivity index (χ0n) is 14.0. The molecule has 5 nitrogen and oxygen atoms in total. The Kier molecular flexibility index (Phi) is 5.36. The molecule has 1 unspecified atom stereocenters. The van der Waals surface area contributed by atoms with Crippen LogP contribution in [-0.4, -0.2) is 48.7 Å². The number of aliphatic hydroxyl groups is 1. The molecule has 6 heteroatoms. The second-order valence-electron chi connectivity index (χ2n) is 6.77. The van der Waals surface area contributed by atoms with Crippen LogP contribution in [0.2, 0.25) is 0 Å². The molecule has 1 amide bonds. The second-order valence-corrected chi connectivity index (χ2v) is 6.77. The topological polar surface area (TPSA) is 61.8 Å². The Hall–Kier alpha value is -1.66. The summed E-state index contributed by atoms with van der Waals surface area (Å²) in [6, 6.07) is 4.79. The standard InChI is InChI=1S/C18H25FN2O3/c1-24-17-5-4-13(10-15(17)19)16(22)11-21-8-6-14(7-9-21)20-18(23)12-2-3-12/h4-5,10,12,14,16,22H,2-3,6-9,11H2,1H3,(H,20,23). The van der Waals surface area contributed by atoms with Gasteiger partial charge in [-0.3, -0.25) is 4.79 Å². The normalized spacial score (nSPS) is 20.6. The number of rotatable bonds is 6. The van der Waals surface area contributed by atoms with Gasteiger partial charge in [0.1, 0.15) is 0 Å². The predicted molar refractivity (Wildman–Crippen MR) is 88.2 cm³/mol. The zero-order valence-corrected chi connectivity index (χ0v) is 14.0. The van der Waals surface area contributed by atoms with Gasteiger partial charge < -0.3 is 20.1 Å². The lowest BCUT2D eigenvalue weighted by atomic mass is 10.0. The molecule has 2 N–H and O–H groups in total. The highest BCUT2D eigenvalue weighted by atomic mass is 19.1. The fraction of sp³-hybridized carbons (Fsp3) is 0.611. The van der Waals surface area contributed by atoms with Gasteiger partial charge in [-0.25, -0.2) is 4.39 Å². The average molecular weight is 336 g/mol. The number of carbonyl (C=O) groups is 1. The Morgan fingerprint density at radius 2 is 2.08 bits per heavy atom. The summed E-state index contributed by atoms with van der Waals surface area (Å²) in [5.74, 6) is 0.158. The van der Waals surface area contributed by atoms with Crippen molar-refractivity contribution in [3.05, 3.63) is 29.6 Å². The Morgan fingerprint density at radius 1 is 1.38 bits per heavy atom. The van der Waals surface area contributed by atoms with Gasteiger partial charge in [0, 0.05) is 31.6 Å². The molecule has 24 heavy (non-hydrogen) atoms. The third-order valence-electron chi connectivity index (χ3n) is 4.87. The van der Waals surface area contributed by atoms with E-state index < -0.39 is 11.9 Å². The first-order chi connectivity index (χ1) is 11.6. The molecular formula is C18H25FN2O3. The summed E-state index contributed by atoms with van der Waals surface area (Å²) in [6.07, 6.45) is 3.09. The largest absolute Gasteiger partial charge is 0.494 e. The molecule has 2 aliphatic rings. The van der Waals surface area contributed by atoms with Gasteiger partial charge in [-0.05, 0) is 43.4 Å². The first kappa shape index (κ1) is 17.2. The third kappa shape index (κ3) is 4.24. The van der Waals surface area contributed by atoms with Crippen molar-refractivity contribution >= 4 is 5.91 Å². The van der Waals surface area contributed by atoms with Gasteiger partial charge in [-0.15, -0.1) is 0 Å². The summed E-state index contributed by atoms with van der Waals surface area (Å²) in [4.78, 5) is 14.0. The molecule has 0 aromatic heterocycles. The van der Waals surface area contributed by atoms with Crippen LogP contribution in [0.4, 0.5) is 4.39 Å². The van der Waals surface area contributed by atoms with Crippen molar-refractivity contribution in [1.29, 1.82) is 0 Å². The Morgan fingerprint density at radius 3 is 2.67 bits per heavy atom. The van der Waals surface area contributed by atoms with Crippen molar-refractivity contribution in [2.75, 3.05) is 26.7 Å². The van der Waals surface area contributed by atoms with Gasteiger partial charge in [0.05, 0.1) is 13.2 Å². The monoisotopic (exact) mass is 336 g/mol. The highest BCUT2D eigenvalue weighted by Crippen LogP contribution is 2.29. The predicted octanol–water partition coefficient (Wildman–Crippen LogP) is 1.86. The second kappa shape index (κ2) is 7.49. The van der Waals surface area contributed by atoms with E-state index in [1.54, 1.807) is 6.07 Å². The minimum Gasteiger partial charge on any atom is -0.494 e. The quantitative estimate of drug-likeness (QED) is 0.832. The number of methoxy groups -OCH3 is 1. The van der Waals surface area contributed by atoms with Gasteiger partial charge in [0.25, 0.3) is 0 Å². The fourth-order valence-corrected chi connectivity index (χ4v) is 3.16. The Balaban J connectivity index is 1.46. The first-order valence-electron chi connectivity index (χ1n) is 8.61. The number of aliphatic hydroxyl groups excluding tert-OH is 1. The Labute approximate surface area is 141 Å². The minimum absolute atomic E-state index is 0.179. The number of carbonyl (C=O) groups excluding carboxylic acids is 1.